The Morgan fingerprint density at radius 1 is 1.24 bits per heavy atom. The van der Waals surface area contributed by atoms with Gasteiger partial charge in [0.25, 0.3) is 0 Å². The van der Waals surface area contributed by atoms with E-state index in [4.69, 9.17) is 4.74 Å². The fourth-order valence-corrected chi connectivity index (χ4v) is 2.62. The Kier molecular flexibility index (Phi) is 2.77. The van der Waals surface area contributed by atoms with Crippen molar-refractivity contribution in [2.45, 2.75) is 6.42 Å². The van der Waals surface area contributed by atoms with Gasteiger partial charge in [-0.3, -0.25) is 0 Å². The minimum atomic E-state index is 0.951. The van der Waals surface area contributed by atoms with E-state index in [0.717, 1.165) is 38.3 Å². The lowest BCUT2D eigenvalue weighted by molar-refractivity contribution is 0.341. The molecule has 0 spiro atoms. The van der Waals surface area contributed by atoms with Crippen LogP contribution >= 0.6 is 0 Å². The van der Waals surface area contributed by atoms with Crippen LogP contribution in [0.3, 0.4) is 0 Å². The number of benzene rings is 1. The monoisotopic (exact) mass is 230 g/mol. The summed E-state index contributed by atoms with van der Waals surface area (Å²) in [7, 11) is 1.73. The summed E-state index contributed by atoms with van der Waals surface area (Å²) in [6, 6.07) is 6.39. The highest BCUT2D eigenvalue weighted by Crippen LogP contribution is 2.32. The van der Waals surface area contributed by atoms with Crippen LogP contribution in [0.4, 0.5) is 0 Å². The maximum absolute atomic E-state index is 5.32. The van der Waals surface area contributed by atoms with Crippen molar-refractivity contribution in [1.29, 1.82) is 0 Å². The van der Waals surface area contributed by atoms with E-state index in [2.05, 4.69) is 28.4 Å². The van der Waals surface area contributed by atoms with Gasteiger partial charge in [-0.25, -0.2) is 0 Å². The van der Waals surface area contributed by atoms with Gasteiger partial charge >= 0.3 is 0 Å². The summed E-state index contributed by atoms with van der Waals surface area (Å²) in [5, 5.41) is 3.39. The molecule has 3 nitrogen and oxygen atoms in total. The number of hydrogen-bond acceptors (Lipinski definition) is 3. The van der Waals surface area contributed by atoms with Crippen molar-refractivity contribution >= 4 is 5.70 Å². The maximum atomic E-state index is 5.32. The van der Waals surface area contributed by atoms with Gasteiger partial charge in [0.2, 0.25) is 0 Å². The van der Waals surface area contributed by atoms with Gasteiger partial charge < -0.3 is 15.0 Å². The van der Waals surface area contributed by atoms with Crippen molar-refractivity contribution in [2.24, 2.45) is 0 Å². The van der Waals surface area contributed by atoms with Gasteiger partial charge in [0.1, 0.15) is 5.75 Å². The highest BCUT2D eigenvalue weighted by atomic mass is 16.5. The van der Waals surface area contributed by atoms with Crippen molar-refractivity contribution in [3.8, 4) is 5.75 Å². The van der Waals surface area contributed by atoms with Crippen LogP contribution in [0.1, 0.15) is 11.1 Å². The molecule has 0 saturated carbocycles. The van der Waals surface area contributed by atoms with E-state index in [1.165, 1.54) is 16.8 Å². The first-order chi connectivity index (χ1) is 8.38. The van der Waals surface area contributed by atoms with Gasteiger partial charge in [-0.2, -0.15) is 0 Å². The maximum Gasteiger partial charge on any atom is 0.119 e. The molecule has 1 aromatic carbocycles. The van der Waals surface area contributed by atoms with E-state index < -0.39 is 0 Å². The molecule has 1 heterocycles. The highest BCUT2D eigenvalue weighted by Gasteiger charge is 2.21. The van der Waals surface area contributed by atoms with E-state index in [0.29, 0.717) is 0 Å². The number of nitrogens with zero attached hydrogens (tertiary/aromatic N) is 1. The number of piperazine rings is 1. The molecule has 0 radical (unpaired) electrons. The summed E-state index contributed by atoms with van der Waals surface area (Å²) in [5.41, 5.74) is 4.16. The molecule has 1 saturated heterocycles. The fourth-order valence-electron chi connectivity index (χ4n) is 2.62. The Balaban J connectivity index is 1.90. The van der Waals surface area contributed by atoms with E-state index >= 15 is 0 Å². The molecule has 0 atom stereocenters. The Labute approximate surface area is 102 Å². The average Bonchev–Trinajstić information content (AvgIpc) is 2.82. The van der Waals surface area contributed by atoms with Crippen molar-refractivity contribution in [2.75, 3.05) is 33.3 Å². The first kappa shape index (κ1) is 10.7. The molecule has 17 heavy (non-hydrogen) atoms. The number of allylic oxidation sites excluding steroid dienone is 1. The van der Waals surface area contributed by atoms with E-state index in [1.54, 1.807) is 7.11 Å². The van der Waals surface area contributed by atoms with Gasteiger partial charge in [0.15, 0.2) is 0 Å². The van der Waals surface area contributed by atoms with Gasteiger partial charge in [-0.15, -0.1) is 0 Å². The molecule has 0 aromatic heterocycles. The quantitative estimate of drug-likeness (QED) is 0.833. The zero-order valence-corrected chi connectivity index (χ0v) is 10.2. The number of nitrogens with one attached hydrogen (secondary N) is 1. The standard InChI is InChI=1S/C14H18N2O/c1-17-12-4-2-11-3-5-14(13(11)10-12)16-8-6-15-7-9-16/h2,4-5,10,15H,3,6-9H2,1H3. The Morgan fingerprint density at radius 3 is 2.82 bits per heavy atom. The zero-order chi connectivity index (χ0) is 11.7. The molecule has 1 aliphatic carbocycles. The molecular weight excluding hydrogens is 212 g/mol. The molecule has 0 bridgehead atoms. The van der Waals surface area contributed by atoms with Crippen LogP contribution in [0.2, 0.25) is 0 Å². The third-order valence-electron chi connectivity index (χ3n) is 3.57. The van der Waals surface area contributed by atoms with Crippen molar-refractivity contribution < 1.29 is 4.74 Å². The molecule has 1 N–H and O–H groups in total. The number of fused-ring (bicyclic) bond motifs is 1. The predicted molar refractivity (Wildman–Crippen MR) is 69.1 cm³/mol. The summed E-state index contributed by atoms with van der Waals surface area (Å²) in [6.45, 7) is 4.36. The first-order valence-electron chi connectivity index (χ1n) is 6.21. The molecular formula is C14H18N2O. The highest BCUT2D eigenvalue weighted by molar-refractivity contribution is 5.73. The Bertz CT molecular complexity index is 448. The molecule has 0 amide bonds. The number of rotatable bonds is 2. The minimum Gasteiger partial charge on any atom is -0.497 e. The van der Waals surface area contributed by atoms with E-state index in [-0.39, 0.29) is 0 Å². The lowest BCUT2D eigenvalue weighted by Gasteiger charge is -2.31. The lowest BCUT2D eigenvalue weighted by Crippen LogP contribution is -2.42. The van der Waals surface area contributed by atoms with E-state index in [1.807, 2.05) is 6.07 Å². The van der Waals surface area contributed by atoms with E-state index in [9.17, 15) is 0 Å². The Hall–Kier alpha value is -1.48. The Morgan fingerprint density at radius 2 is 2.06 bits per heavy atom. The van der Waals surface area contributed by atoms with Gasteiger partial charge in [-0.05, 0) is 24.1 Å². The molecule has 1 fully saturated rings. The molecule has 1 aliphatic heterocycles. The summed E-state index contributed by atoms with van der Waals surface area (Å²) >= 11 is 0. The van der Waals surface area contributed by atoms with Gasteiger partial charge in [-0.1, -0.05) is 12.1 Å². The molecule has 3 heteroatoms. The average molecular weight is 230 g/mol. The lowest BCUT2D eigenvalue weighted by atomic mass is 10.1. The van der Waals surface area contributed by atoms with Crippen LogP contribution in [0.15, 0.2) is 24.3 Å². The topological polar surface area (TPSA) is 24.5 Å². The molecule has 2 aliphatic rings. The molecule has 0 unspecified atom stereocenters. The smallest absolute Gasteiger partial charge is 0.119 e. The summed E-state index contributed by atoms with van der Waals surface area (Å²) in [4.78, 5) is 2.47. The normalized spacial score (nSPS) is 18.9. The first-order valence-corrected chi connectivity index (χ1v) is 6.21. The number of methoxy groups -OCH3 is 1. The number of hydrogen-bond donors (Lipinski definition) is 1. The predicted octanol–water partition coefficient (Wildman–Crippen LogP) is 1.50. The van der Waals surface area contributed by atoms with Gasteiger partial charge in [0, 0.05) is 37.4 Å². The SMILES string of the molecule is COc1ccc2c(c1)C(N1CCNCC1)=CC2. The van der Waals surface area contributed by atoms with Crippen LogP contribution in [0, 0.1) is 0 Å². The second kappa shape index (κ2) is 4.41. The van der Waals surface area contributed by atoms with Crippen molar-refractivity contribution in [3.05, 3.63) is 35.4 Å². The van der Waals surface area contributed by atoms with Crippen LogP contribution in [-0.4, -0.2) is 38.2 Å². The van der Waals surface area contributed by atoms with Crippen molar-refractivity contribution in [1.82, 2.24) is 10.2 Å². The third-order valence-corrected chi connectivity index (χ3v) is 3.57. The second-order valence-electron chi connectivity index (χ2n) is 4.55. The summed E-state index contributed by atoms with van der Waals surface area (Å²) in [6.07, 6.45) is 3.40. The molecule has 1 aromatic rings. The molecule has 3 rings (SSSR count). The largest absolute Gasteiger partial charge is 0.497 e. The summed E-state index contributed by atoms with van der Waals surface area (Å²) < 4.78 is 5.32. The van der Waals surface area contributed by atoms with Crippen LogP contribution < -0.4 is 10.1 Å². The molecule has 90 valence electrons. The second-order valence-corrected chi connectivity index (χ2v) is 4.55. The minimum absolute atomic E-state index is 0.951. The number of ether oxygens (including phenoxy) is 1. The van der Waals surface area contributed by atoms with Crippen LogP contribution in [0.25, 0.3) is 5.70 Å². The van der Waals surface area contributed by atoms with Crippen molar-refractivity contribution in [3.63, 3.8) is 0 Å². The zero-order valence-electron chi connectivity index (χ0n) is 10.2. The van der Waals surface area contributed by atoms with Crippen LogP contribution in [-0.2, 0) is 6.42 Å². The summed E-state index contributed by atoms with van der Waals surface area (Å²) in [5.74, 6) is 0.951. The van der Waals surface area contributed by atoms with Crippen LogP contribution in [0.5, 0.6) is 5.75 Å². The third kappa shape index (κ3) is 1.91. The fraction of sp³-hybridized carbons (Fsp3) is 0.429. The van der Waals surface area contributed by atoms with Gasteiger partial charge in [0.05, 0.1) is 7.11 Å².